The van der Waals surface area contributed by atoms with Crippen LogP contribution in [0.25, 0.3) is 21.0 Å². The van der Waals surface area contributed by atoms with Crippen molar-refractivity contribution in [2.45, 2.75) is 13.5 Å². The first-order chi connectivity index (χ1) is 11.7. The van der Waals surface area contributed by atoms with Crippen LogP contribution in [0.3, 0.4) is 0 Å². The number of aryl methyl sites for hydroxylation is 1. The number of hydrogen-bond donors (Lipinski definition) is 1. The Kier molecular flexibility index (Phi) is 3.62. The maximum Gasteiger partial charge on any atom is 0.273 e. The van der Waals surface area contributed by atoms with Crippen LogP contribution in [0.5, 0.6) is 0 Å². The van der Waals surface area contributed by atoms with Crippen molar-refractivity contribution in [2.24, 2.45) is 0 Å². The van der Waals surface area contributed by atoms with E-state index in [-0.39, 0.29) is 18.1 Å². The van der Waals surface area contributed by atoms with Crippen LogP contribution in [-0.4, -0.2) is 16.0 Å². The molecule has 4 aromatic rings. The van der Waals surface area contributed by atoms with Crippen molar-refractivity contribution >= 4 is 27.5 Å². The summed E-state index contributed by atoms with van der Waals surface area (Å²) in [5.41, 5.74) is 1.20. The highest BCUT2D eigenvalue weighted by atomic mass is 32.1. The third kappa shape index (κ3) is 2.81. The number of hydrogen-bond acceptors (Lipinski definition) is 6. The Bertz CT molecular complexity index is 982. The van der Waals surface area contributed by atoms with Crippen molar-refractivity contribution in [3.05, 3.63) is 59.7 Å². The number of para-hydroxylation sites is 1. The van der Waals surface area contributed by atoms with Gasteiger partial charge in [0.2, 0.25) is 0 Å². The van der Waals surface area contributed by atoms with Gasteiger partial charge in [-0.05, 0) is 31.2 Å². The number of nitrogens with zero attached hydrogens (tertiary/aromatic N) is 2. The van der Waals surface area contributed by atoms with Gasteiger partial charge in [-0.2, -0.15) is 0 Å². The van der Waals surface area contributed by atoms with Crippen LogP contribution >= 0.6 is 11.3 Å². The predicted octanol–water partition coefficient (Wildman–Crippen LogP) is 3.78. The number of nitrogens with one attached hydrogen (secondary N) is 1. The predicted molar refractivity (Wildman–Crippen MR) is 89.7 cm³/mol. The van der Waals surface area contributed by atoms with Crippen LogP contribution in [0.4, 0.5) is 0 Å². The summed E-state index contributed by atoms with van der Waals surface area (Å²) >= 11 is 1.57. The number of thiazole rings is 1. The molecule has 3 aromatic heterocycles. The molecule has 0 fully saturated rings. The zero-order valence-electron chi connectivity index (χ0n) is 12.8. The standard InChI is InChI=1S/C17H13N3O3S/c1-10-8-13(20-23-10)16(21)18-9-11-6-7-14(22-11)17-19-12-4-2-3-5-15(12)24-17/h2-8H,9H2,1H3,(H,18,21). The number of fused-ring (bicyclic) bond motifs is 1. The molecule has 120 valence electrons. The van der Waals surface area contributed by atoms with Gasteiger partial charge in [0, 0.05) is 6.07 Å². The normalized spacial score (nSPS) is 11.0. The minimum Gasteiger partial charge on any atom is -0.457 e. The van der Waals surface area contributed by atoms with Gasteiger partial charge in [-0.1, -0.05) is 17.3 Å². The molecule has 1 amide bonds. The number of carbonyl (C=O) groups excluding carboxylic acids is 1. The molecule has 3 heterocycles. The van der Waals surface area contributed by atoms with E-state index in [1.54, 1.807) is 24.3 Å². The van der Waals surface area contributed by atoms with E-state index in [0.29, 0.717) is 17.3 Å². The lowest BCUT2D eigenvalue weighted by Crippen LogP contribution is -2.22. The first-order valence-electron chi connectivity index (χ1n) is 7.35. The summed E-state index contributed by atoms with van der Waals surface area (Å²) in [5, 5.41) is 7.25. The third-order valence-electron chi connectivity index (χ3n) is 3.45. The minimum atomic E-state index is -0.301. The molecule has 24 heavy (non-hydrogen) atoms. The molecular formula is C17H13N3O3S. The van der Waals surface area contributed by atoms with Crippen LogP contribution in [0.1, 0.15) is 22.0 Å². The zero-order chi connectivity index (χ0) is 16.5. The third-order valence-corrected chi connectivity index (χ3v) is 4.50. The van der Waals surface area contributed by atoms with Crippen LogP contribution < -0.4 is 5.32 Å². The Morgan fingerprint density at radius 3 is 2.92 bits per heavy atom. The lowest BCUT2D eigenvalue weighted by Gasteiger charge is -1.99. The van der Waals surface area contributed by atoms with Gasteiger partial charge in [0.1, 0.15) is 11.5 Å². The molecule has 7 heteroatoms. The summed E-state index contributed by atoms with van der Waals surface area (Å²) in [4.78, 5) is 16.5. The lowest BCUT2D eigenvalue weighted by molar-refractivity contribution is 0.0939. The zero-order valence-corrected chi connectivity index (χ0v) is 13.6. The highest BCUT2D eigenvalue weighted by molar-refractivity contribution is 7.21. The Morgan fingerprint density at radius 2 is 2.12 bits per heavy atom. The molecule has 0 saturated carbocycles. The van der Waals surface area contributed by atoms with Crippen LogP contribution in [0.15, 0.2) is 51.4 Å². The van der Waals surface area contributed by atoms with E-state index >= 15 is 0 Å². The highest BCUT2D eigenvalue weighted by Crippen LogP contribution is 2.31. The van der Waals surface area contributed by atoms with E-state index in [1.165, 1.54) is 0 Å². The summed E-state index contributed by atoms with van der Waals surface area (Å²) in [6.45, 7) is 2.01. The van der Waals surface area contributed by atoms with E-state index in [4.69, 9.17) is 8.94 Å². The van der Waals surface area contributed by atoms with Gasteiger partial charge in [-0.3, -0.25) is 4.79 Å². The van der Waals surface area contributed by atoms with Crippen molar-refractivity contribution in [3.8, 4) is 10.8 Å². The van der Waals surface area contributed by atoms with Gasteiger partial charge in [0.05, 0.1) is 16.8 Å². The molecule has 0 aliphatic rings. The molecule has 0 spiro atoms. The molecule has 0 aliphatic carbocycles. The van der Waals surface area contributed by atoms with E-state index in [1.807, 2.05) is 36.4 Å². The number of aromatic nitrogens is 2. The molecule has 4 rings (SSSR count). The average molecular weight is 339 g/mol. The summed E-state index contributed by atoms with van der Waals surface area (Å²) < 4.78 is 11.8. The van der Waals surface area contributed by atoms with Crippen molar-refractivity contribution in [1.29, 1.82) is 0 Å². The number of amides is 1. The molecule has 0 saturated heterocycles. The Hall–Kier alpha value is -2.93. The first-order valence-corrected chi connectivity index (χ1v) is 8.17. The molecule has 0 atom stereocenters. The number of furan rings is 1. The fraction of sp³-hybridized carbons (Fsp3) is 0.118. The quantitative estimate of drug-likeness (QED) is 0.612. The number of benzene rings is 1. The summed E-state index contributed by atoms with van der Waals surface area (Å²) in [6, 6.07) is 13.2. The molecule has 0 unspecified atom stereocenters. The van der Waals surface area contributed by atoms with Gasteiger partial charge >= 0.3 is 0 Å². The summed E-state index contributed by atoms with van der Waals surface area (Å²) in [7, 11) is 0. The average Bonchev–Trinajstić information content (AvgIpc) is 3.31. The highest BCUT2D eigenvalue weighted by Gasteiger charge is 2.13. The SMILES string of the molecule is Cc1cc(C(=O)NCc2ccc(-c3nc4ccccc4s3)o2)no1. The monoisotopic (exact) mass is 339 g/mol. The van der Waals surface area contributed by atoms with Gasteiger partial charge in [-0.15, -0.1) is 11.3 Å². The summed E-state index contributed by atoms with van der Waals surface area (Å²) in [6.07, 6.45) is 0. The molecule has 1 N–H and O–H groups in total. The second-order valence-corrected chi connectivity index (χ2v) is 6.29. The van der Waals surface area contributed by atoms with Gasteiger partial charge in [0.15, 0.2) is 16.5 Å². The van der Waals surface area contributed by atoms with Crippen molar-refractivity contribution < 1.29 is 13.7 Å². The molecule has 0 aliphatic heterocycles. The topological polar surface area (TPSA) is 81.2 Å². The van der Waals surface area contributed by atoms with Gasteiger partial charge < -0.3 is 14.3 Å². The fourth-order valence-electron chi connectivity index (χ4n) is 2.30. The van der Waals surface area contributed by atoms with E-state index < -0.39 is 0 Å². The van der Waals surface area contributed by atoms with Crippen molar-refractivity contribution in [2.75, 3.05) is 0 Å². The Labute approximate surface area is 141 Å². The minimum absolute atomic E-state index is 0.255. The van der Waals surface area contributed by atoms with E-state index in [9.17, 15) is 4.79 Å². The van der Waals surface area contributed by atoms with Crippen LogP contribution in [0.2, 0.25) is 0 Å². The van der Waals surface area contributed by atoms with E-state index in [2.05, 4.69) is 15.5 Å². The van der Waals surface area contributed by atoms with Crippen LogP contribution in [-0.2, 0) is 6.54 Å². The largest absolute Gasteiger partial charge is 0.457 e. The fourth-order valence-corrected chi connectivity index (χ4v) is 3.22. The molecular weight excluding hydrogens is 326 g/mol. The second-order valence-electron chi connectivity index (χ2n) is 5.26. The summed E-state index contributed by atoms with van der Waals surface area (Å²) in [5.74, 6) is 1.64. The van der Waals surface area contributed by atoms with Gasteiger partial charge in [-0.25, -0.2) is 4.98 Å². The molecule has 6 nitrogen and oxygen atoms in total. The van der Waals surface area contributed by atoms with Crippen molar-refractivity contribution in [3.63, 3.8) is 0 Å². The molecule has 0 radical (unpaired) electrons. The van der Waals surface area contributed by atoms with Crippen molar-refractivity contribution in [1.82, 2.24) is 15.5 Å². The molecule has 0 bridgehead atoms. The smallest absolute Gasteiger partial charge is 0.273 e. The van der Waals surface area contributed by atoms with Gasteiger partial charge in [0.25, 0.3) is 5.91 Å². The number of rotatable bonds is 4. The molecule has 1 aromatic carbocycles. The lowest BCUT2D eigenvalue weighted by atomic mass is 10.3. The van der Waals surface area contributed by atoms with E-state index in [0.717, 1.165) is 15.2 Å². The maximum absolute atomic E-state index is 11.9. The maximum atomic E-state index is 11.9. The Balaban J connectivity index is 1.47. The number of carbonyl (C=O) groups is 1. The first kappa shape index (κ1) is 14.6. The Morgan fingerprint density at radius 1 is 1.25 bits per heavy atom. The van der Waals surface area contributed by atoms with Crippen LogP contribution in [0, 0.1) is 6.92 Å². The second kappa shape index (κ2) is 5.93.